The predicted octanol–water partition coefficient (Wildman–Crippen LogP) is 5.18. The zero-order valence-electron chi connectivity index (χ0n) is 26.3. The summed E-state index contributed by atoms with van der Waals surface area (Å²) in [7, 11) is 4.85. The standard InChI is InChI=1S/C31H34N8O2/c1-6-29(40)34-24-15-25(28(41-5)16-27(24)38(4)14-13-37(2)3)35-31-33-18-20(17-32)30(36-31)23-19-39(21-11-12-21)26-10-8-7-9-22(23)26/h6-10,15-16,18-19,21H,1,11-14H2,2-5H3,(H,34,40)(H,33,35,36)/i2D3. The van der Waals surface area contributed by atoms with Crippen molar-refractivity contribution in [3.05, 3.63) is 67.0 Å². The van der Waals surface area contributed by atoms with Gasteiger partial charge < -0.3 is 29.7 Å². The van der Waals surface area contributed by atoms with Crippen molar-refractivity contribution in [3.8, 4) is 23.1 Å². The van der Waals surface area contributed by atoms with Gasteiger partial charge in [0.1, 0.15) is 11.8 Å². The first-order valence-corrected chi connectivity index (χ1v) is 13.3. The van der Waals surface area contributed by atoms with E-state index in [1.807, 2.05) is 23.1 Å². The molecule has 0 radical (unpaired) electrons. The lowest BCUT2D eigenvalue weighted by molar-refractivity contribution is -0.111. The molecule has 2 heterocycles. The number of amides is 1. The van der Waals surface area contributed by atoms with Gasteiger partial charge in [-0.15, -0.1) is 0 Å². The summed E-state index contributed by atoms with van der Waals surface area (Å²) in [6, 6.07) is 14.2. The molecule has 1 aliphatic carbocycles. The molecule has 210 valence electrons. The predicted molar refractivity (Wildman–Crippen MR) is 163 cm³/mol. The second-order valence-corrected chi connectivity index (χ2v) is 10.00. The lowest BCUT2D eigenvalue weighted by Gasteiger charge is -2.26. The summed E-state index contributed by atoms with van der Waals surface area (Å²) < 4.78 is 30.8. The number of para-hydroxylation sites is 1. The first-order chi connectivity index (χ1) is 21.0. The van der Waals surface area contributed by atoms with E-state index in [4.69, 9.17) is 13.8 Å². The Morgan fingerprint density at radius 1 is 1.29 bits per heavy atom. The molecule has 1 aliphatic rings. The van der Waals surface area contributed by atoms with Crippen LogP contribution in [0.25, 0.3) is 22.2 Å². The molecule has 0 spiro atoms. The number of hydrogen-bond donors (Lipinski definition) is 2. The van der Waals surface area contributed by atoms with E-state index in [1.165, 1.54) is 25.3 Å². The fourth-order valence-electron chi connectivity index (χ4n) is 4.75. The lowest BCUT2D eigenvalue weighted by Crippen LogP contribution is -2.29. The van der Waals surface area contributed by atoms with Crippen LogP contribution in [0.15, 0.2) is 61.4 Å². The highest BCUT2D eigenvalue weighted by molar-refractivity contribution is 6.02. The molecule has 4 aromatic rings. The van der Waals surface area contributed by atoms with Gasteiger partial charge in [0.2, 0.25) is 11.9 Å². The van der Waals surface area contributed by atoms with Crippen LogP contribution >= 0.6 is 0 Å². The molecule has 0 atom stereocenters. The maximum absolute atomic E-state index is 12.4. The first-order valence-electron chi connectivity index (χ1n) is 14.8. The first kappa shape index (κ1) is 24.0. The van der Waals surface area contributed by atoms with Gasteiger partial charge in [-0.3, -0.25) is 4.79 Å². The van der Waals surface area contributed by atoms with Gasteiger partial charge in [-0.05, 0) is 45.1 Å². The molecular formula is C31H34N8O2. The Bertz CT molecular complexity index is 1760. The van der Waals surface area contributed by atoms with Crippen LogP contribution in [0, 0.1) is 11.3 Å². The number of aromatic nitrogens is 3. The van der Waals surface area contributed by atoms with Crippen molar-refractivity contribution in [2.75, 3.05) is 56.8 Å². The minimum atomic E-state index is -2.22. The summed E-state index contributed by atoms with van der Waals surface area (Å²) in [4.78, 5) is 24.7. The molecule has 41 heavy (non-hydrogen) atoms. The van der Waals surface area contributed by atoms with Crippen LogP contribution in [0.4, 0.5) is 23.0 Å². The van der Waals surface area contributed by atoms with E-state index < -0.39 is 12.9 Å². The van der Waals surface area contributed by atoms with Crippen LogP contribution in [0.3, 0.4) is 0 Å². The van der Waals surface area contributed by atoms with Crippen LogP contribution in [0.2, 0.25) is 0 Å². The van der Waals surface area contributed by atoms with Gasteiger partial charge in [0, 0.05) is 59.0 Å². The van der Waals surface area contributed by atoms with Crippen LogP contribution in [-0.4, -0.2) is 66.6 Å². The number of hydrogen-bond acceptors (Lipinski definition) is 8. The van der Waals surface area contributed by atoms with Gasteiger partial charge in [0.05, 0.1) is 41.6 Å². The zero-order valence-corrected chi connectivity index (χ0v) is 23.3. The number of benzene rings is 2. The fraction of sp³-hybridized carbons (Fsp3) is 0.290. The van der Waals surface area contributed by atoms with Crippen molar-refractivity contribution in [2.45, 2.75) is 18.9 Å². The van der Waals surface area contributed by atoms with Crippen molar-refractivity contribution in [1.29, 1.82) is 5.26 Å². The van der Waals surface area contributed by atoms with Gasteiger partial charge in [-0.2, -0.15) is 5.26 Å². The monoisotopic (exact) mass is 553 g/mol. The van der Waals surface area contributed by atoms with E-state index in [9.17, 15) is 10.1 Å². The molecule has 0 saturated heterocycles. The van der Waals surface area contributed by atoms with E-state index >= 15 is 0 Å². The van der Waals surface area contributed by atoms with Crippen molar-refractivity contribution >= 4 is 39.8 Å². The van der Waals surface area contributed by atoms with Crippen molar-refractivity contribution < 1.29 is 13.6 Å². The number of methoxy groups -OCH3 is 1. The smallest absolute Gasteiger partial charge is 0.247 e. The quantitative estimate of drug-likeness (QED) is 0.245. The third-order valence-electron chi connectivity index (χ3n) is 7.03. The number of nitrogens with zero attached hydrogens (tertiary/aromatic N) is 6. The fourth-order valence-corrected chi connectivity index (χ4v) is 4.75. The highest BCUT2D eigenvalue weighted by Gasteiger charge is 2.27. The van der Waals surface area contributed by atoms with E-state index in [2.05, 4.69) is 45.1 Å². The Kier molecular flexibility index (Phi) is 6.84. The number of ether oxygens (including phenoxy) is 1. The molecule has 0 aliphatic heterocycles. The Morgan fingerprint density at radius 3 is 2.80 bits per heavy atom. The summed E-state index contributed by atoms with van der Waals surface area (Å²) in [6.07, 6.45) is 6.95. The van der Waals surface area contributed by atoms with E-state index in [1.54, 1.807) is 19.2 Å². The highest BCUT2D eigenvalue weighted by atomic mass is 16.5. The van der Waals surface area contributed by atoms with Crippen molar-refractivity contribution in [2.24, 2.45) is 0 Å². The van der Waals surface area contributed by atoms with Crippen LogP contribution in [0.5, 0.6) is 5.75 Å². The molecule has 0 unspecified atom stereocenters. The molecule has 1 saturated carbocycles. The van der Waals surface area contributed by atoms with Gasteiger partial charge in [-0.1, -0.05) is 24.8 Å². The molecule has 1 amide bonds. The van der Waals surface area contributed by atoms with Gasteiger partial charge in [0.25, 0.3) is 0 Å². The van der Waals surface area contributed by atoms with Crippen molar-refractivity contribution in [3.63, 3.8) is 0 Å². The summed E-state index contributed by atoms with van der Waals surface area (Å²) in [6.45, 7) is 1.94. The maximum Gasteiger partial charge on any atom is 0.247 e. The second kappa shape index (κ2) is 11.7. The Morgan fingerprint density at radius 2 is 2.10 bits per heavy atom. The third kappa shape index (κ3) is 5.85. The number of nitrogens with one attached hydrogen (secondary N) is 2. The Labute approximate surface area is 244 Å². The molecule has 2 aromatic carbocycles. The maximum atomic E-state index is 12.4. The average Bonchev–Trinajstić information content (AvgIpc) is 3.79. The van der Waals surface area contributed by atoms with E-state index in [-0.39, 0.29) is 12.5 Å². The van der Waals surface area contributed by atoms with E-state index in [0.717, 1.165) is 35.4 Å². The molecule has 5 rings (SSSR count). The molecule has 0 bridgehead atoms. The van der Waals surface area contributed by atoms with Gasteiger partial charge >= 0.3 is 0 Å². The lowest BCUT2D eigenvalue weighted by atomic mass is 10.1. The topological polar surface area (TPSA) is 111 Å². The minimum Gasteiger partial charge on any atom is -0.494 e. The number of likely N-dealkylation sites (N-methyl/N-ethyl adjacent to an activating group) is 2. The van der Waals surface area contributed by atoms with Gasteiger partial charge in [0.15, 0.2) is 0 Å². The summed E-state index contributed by atoms with van der Waals surface area (Å²) in [5.41, 5.74) is 4.32. The van der Waals surface area contributed by atoms with Crippen LogP contribution in [0.1, 0.15) is 28.6 Å². The van der Waals surface area contributed by atoms with Gasteiger partial charge in [-0.25, -0.2) is 9.97 Å². The van der Waals surface area contributed by atoms with Crippen LogP contribution < -0.4 is 20.3 Å². The summed E-state index contributed by atoms with van der Waals surface area (Å²) in [5, 5.41) is 17.0. The van der Waals surface area contributed by atoms with E-state index in [0.29, 0.717) is 46.7 Å². The zero-order chi connectivity index (χ0) is 31.6. The number of rotatable bonds is 11. The SMILES string of the molecule is [2H]C([2H])([2H])N(C)CCN(C)c1cc(OC)c(Nc2ncc(C#N)c(-c3cn(C4CC4)c4ccccc34)n2)cc1NC(=O)C=C. The summed E-state index contributed by atoms with van der Waals surface area (Å²) in [5.74, 6) is 0.258. The Hall–Kier alpha value is -4.88. The third-order valence-corrected chi connectivity index (χ3v) is 7.03. The average molecular weight is 554 g/mol. The minimum absolute atomic E-state index is 0.238. The number of nitriles is 1. The highest BCUT2D eigenvalue weighted by Crippen LogP contribution is 2.42. The molecule has 2 aromatic heterocycles. The number of carbonyl (C=O) groups is 1. The molecule has 1 fully saturated rings. The largest absolute Gasteiger partial charge is 0.494 e. The van der Waals surface area contributed by atoms with Crippen LogP contribution in [-0.2, 0) is 4.79 Å². The van der Waals surface area contributed by atoms with Crippen molar-refractivity contribution in [1.82, 2.24) is 19.4 Å². The Balaban J connectivity index is 1.52. The molecular weight excluding hydrogens is 516 g/mol. The normalized spacial score (nSPS) is 14.1. The molecule has 10 nitrogen and oxygen atoms in total. The number of fused-ring (bicyclic) bond motifs is 1. The molecule has 2 N–H and O–H groups in total. The second-order valence-electron chi connectivity index (χ2n) is 10.00. The summed E-state index contributed by atoms with van der Waals surface area (Å²) >= 11 is 0. The number of carbonyl (C=O) groups excluding carboxylic acids is 1. The number of anilines is 4. The molecule has 10 heteroatoms.